The number of rotatable bonds is 4. The largest absolute Gasteiger partial charge is 0.396 e. The van der Waals surface area contributed by atoms with E-state index in [2.05, 4.69) is 10.3 Å². The first-order valence-electron chi connectivity index (χ1n) is 5.10. The van der Waals surface area contributed by atoms with Gasteiger partial charge in [-0.25, -0.2) is 4.68 Å². The maximum atomic E-state index is 13.4. The van der Waals surface area contributed by atoms with Crippen LogP contribution in [-0.2, 0) is 5.92 Å². The van der Waals surface area contributed by atoms with Crippen molar-refractivity contribution in [2.45, 2.75) is 12.3 Å². The summed E-state index contributed by atoms with van der Waals surface area (Å²) < 4.78 is 28.1. The number of para-hydroxylation sites is 1. The Morgan fingerprint density at radius 2 is 1.94 bits per heavy atom. The highest BCUT2D eigenvalue weighted by Gasteiger charge is 2.34. The lowest BCUT2D eigenvalue weighted by atomic mass is 10.2. The molecule has 0 amide bonds. The lowest BCUT2D eigenvalue weighted by Gasteiger charge is -2.10. The van der Waals surface area contributed by atoms with Crippen LogP contribution in [0.15, 0.2) is 36.5 Å². The second-order valence-electron chi connectivity index (χ2n) is 3.56. The molecule has 1 heterocycles. The van der Waals surface area contributed by atoms with E-state index in [4.69, 9.17) is 5.11 Å². The first-order chi connectivity index (χ1) is 8.13. The van der Waals surface area contributed by atoms with Crippen LogP contribution >= 0.6 is 0 Å². The second kappa shape index (κ2) is 4.58. The average Bonchev–Trinajstić information content (AvgIpc) is 2.80. The Hall–Kier alpha value is -1.82. The number of aliphatic hydroxyl groups is 1. The van der Waals surface area contributed by atoms with E-state index in [1.165, 1.54) is 10.9 Å². The second-order valence-corrected chi connectivity index (χ2v) is 3.56. The molecule has 0 aliphatic heterocycles. The molecule has 17 heavy (non-hydrogen) atoms. The van der Waals surface area contributed by atoms with Crippen LogP contribution in [0.25, 0.3) is 5.69 Å². The Morgan fingerprint density at radius 3 is 2.59 bits per heavy atom. The molecule has 2 rings (SSSR count). The fourth-order valence-corrected chi connectivity index (χ4v) is 1.41. The molecular weight excluding hydrogens is 228 g/mol. The van der Waals surface area contributed by atoms with E-state index < -0.39 is 24.6 Å². The van der Waals surface area contributed by atoms with E-state index in [0.29, 0.717) is 5.69 Å². The quantitative estimate of drug-likeness (QED) is 0.884. The molecule has 1 N–H and O–H groups in total. The van der Waals surface area contributed by atoms with Crippen molar-refractivity contribution in [3.63, 3.8) is 0 Å². The zero-order valence-electron chi connectivity index (χ0n) is 8.92. The van der Waals surface area contributed by atoms with Gasteiger partial charge in [-0.05, 0) is 12.1 Å². The summed E-state index contributed by atoms with van der Waals surface area (Å²) in [4.78, 5) is 0. The van der Waals surface area contributed by atoms with Gasteiger partial charge in [0.1, 0.15) is 0 Å². The van der Waals surface area contributed by atoms with Gasteiger partial charge in [0.25, 0.3) is 5.92 Å². The molecule has 0 bridgehead atoms. The third-order valence-corrected chi connectivity index (χ3v) is 2.31. The molecule has 0 saturated carbocycles. The zero-order valence-corrected chi connectivity index (χ0v) is 8.92. The Labute approximate surface area is 96.5 Å². The van der Waals surface area contributed by atoms with Crippen LogP contribution in [0.4, 0.5) is 8.78 Å². The summed E-state index contributed by atoms with van der Waals surface area (Å²) in [6.07, 6.45) is 0.519. The minimum atomic E-state index is -3.15. The van der Waals surface area contributed by atoms with E-state index in [1.807, 2.05) is 6.07 Å². The molecule has 1 aromatic carbocycles. The maximum Gasteiger partial charge on any atom is 0.295 e. The van der Waals surface area contributed by atoms with Crippen molar-refractivity contribution in [1.82, 2.24) is 15.0 Å². The number of benzene rings is 1. The average molecular weight is 239 g/mol. The Bertz CT molecular complexity index is 484. The van der Waals surface area contributed by atoms with E-state index in [-0.39, 0.29) is 0 Å². The highest BCUT2D eigenvalue weighted by Crippen LogP contribution is 2.29. The Balaban J connectivity index is 2.28. The normalized spacial score (nSPS) is 11.7. The summed E-state index contributed by atoms with van der Waals surface area (Å²) in [5, 5.41) is 15.6. The summed E-state index contributed by atoms with van der Waals surface area (Å²) in [6, 6.07) is 8.86. The lowest BCUT2D eigenvalue weighted by molar-refractivity contribution is -0.0311. The van der Waals surface area contributed by atoms with Crippen LogP contribution in [0, 0.1) is 0 Å². The SMILES string of the molecule is OCCC(F)(F)c1cn(-c2ccccc2)nn1. The number of nitrogens with zero attached hydrogens (tertiary/aromatic N) is 3. The predicted octanol–water partition coefficient (Wildman–Crippen LogP) is 1.74. The summed E-state index contributed by atoms with van der Waals surface area (Å²) in [5.41, 5.74) is 0.224. The fourth-order valence-electron chi connectivity index (χ4n) is 1.41. The first kappa shape index (κ1) is 11.7. The number of hydrogen-bond donors (Lipinski definition) is 1. The van der Waals surface area contributed by atoms with Crippen LogP contribution < -0.4 is 0 Å². The van der Waals surface area contributed by atoms with E-state index in [0.717, 1.165) is 0 Å². The minimum absolute atomic E-state index is 0.435. The molecule has 0 fully saturated rings. The van der Waals surface area contributed by atoms with Crippen molar-refractivity contribution in [1.29, 1.82) is 0 Å². The molecule has 2 aromatic rings. The van der Waals surface area contributed by atoms with Crippen molar-refractivity contribution in [2.24, 2.45) is 0 Å². The molecule has 0 aliphatic carbocycles. The van der Waals surface area contributed by atoms with Gasteiger partial charge in [-0.1, -0.05) is 23.4 Å². The highest BCUT2D eigenvalue weighted by atomic mass is 19.3. The number of alkyl halides is 2. The van der Waals surface area contributed by atoms with Crippen molar-refractivity contribution in [2.75, 3.05) is 6.61 Å². The van der Waals surface area contributed by atoms with Gasteiger partial charge in [0.05, 0.1) is 11.9 Å². The summed E-state index contributed by atoms with van der Waals surface area (Å²) >= 11 is 0. The molecule has 0 aliphatic rings. The summed E-state index contributed by atoms with van der Waals surface area (Å²) in [6.45, 7) is -0.592. The van der Waals surface area contributed by atoms with Gasteiger partial charge in [-0.3, -0.25) is 0 Å². The van der Waals surface area contributed by atoms with Gasteiger partial charge in [-0.2, -0.15) is 8.78 Å². The molecule has 0 atom stereocenters. The van der Waals surface area contributed by atoms with Gasteiger partial charge < -0.3 is 5.11 Å². The lowest BCUT2D eigenvalue weighted by Crippen LogP contribution is -2.15. The molecule has 1 aromatic heterocycles. The molecule has 0 spiro atoms. The van der Waals surface area contributed by atoms with Gasteiger partial charge in [-0.15, -0.1) is 5.10 Å². The summed E-state index contributed by atoms with van der Waals surface area (Å²) in [5.74, 6) is -3.15. The molecule has 0 saturated heterocycles. The minimum Gasteiger partial charge on any atom is -0.396 e. The standard InChI is InChI=1S/C11H11F2N3O/c12-11(13,6-7-17)10-8-16(15-14-10)9-4-2-1-3-5-9/h1-5,8,17H,6-7H2. The number of halogens is 2. The summed E-state index contributed by atoms with van der Waals surface area (Å²) in [7, 11) is 0. The van der Waals surface area contributed by atoms with E-state index in [9.17, 15) is 8.78 Å². The highest BCUT2D eigenvalue weighted by molar-refractivity contribution is 5.30. The van der Waals surface area contributed by atoms with Crippen LogP contribution in [0.1, 0.15) is 12.1 Å². The van der Waals surface area contributed by atoms with Gasteiger partial charge in [0.2, 0.25) is 0 Å². The third kappa shape index (κ3) is 2.47. The van der Waals surface area contributed by atoms with Crippen LogP contribution in [0.5, 0.6) is 0 Å². The number of aromatic nitrogens is 3. The molecule has 90 valence electrons. The van der Waals surface area contributed by atoms with Crippen LogP contribution in [0.2, 0.25) is 0 Å². The topological polar surface area (TPSA) is 50.9 Å². The van der Waals surface area contributed by atoms with Crippen LogP contribution in [0.3, 0.4) is 0 Å². The van der Waals surface area contributed by atoms with Crippen molar-refractivity contribution < 1.29 is 13.9 Å². The first-order valence-corrected chi connectivity index (χ1v) is 5.10. The fraction of sp³-hybridized carbons (Fsp3) is 0.273. The van der Waals surface area contributed by atoms with Crippen molar-refractivity contribution in [3.8, 4) is 5.69 Å². The molecule has 4 nitrogen and oxygen atoms in total. The van der Waals surface area contributed by atoms with Crippen molar-refractivity contribution >= 4 is 0 Å². The zero-order chi connectivity index (χ0) is 12.3. The Kier molecular flexibility index (Phi) is 3.14. The third-order valence-electron chi connectivity index (χ3n) is 2.31. The smallest absolute Gasteiger partial charge is 0.295 e. The Morgan fingerprint density at radius 1 is 1.24 bits per heavy atom. The van der Waals surface area contributed by atoms with E-state index >= 15 is 0 Å². The van der Waals surface area contributed by atoms with E-state index in [1.54, 1.807) is 24.3 Å². The molecule has 0 radical (unpaired) electrons. The monoisotopic (exact) mass is 239 g/mol. The predicted molar refractivity (Wildman–Crippen MR) is 57.0 cm³/mol. The molecule has 6 heteroatoms. The van der Waals surface area contributed by atoms with Gasteiger partial charge in [0.15, 0.2) is 5.69 Å². The molecular formula is C11H11F2N3O. The van der Waals surface area contributed by atoms with Gasteiger partial charge in [0, 0.05) is 13.0 Å². The van der Waals surface area contributed by atoms with Crippen molar-refractivity contribution in [3.05, 3.63) is 42.2 Å². The van der Waals surface area contributed by atoms with Gasteiger partial charge >= 0.3 is 0 Å². The number of aliphatic hydroxyl groups excluding tert-OH is 1. The molecule has 0 unspecified atom stereocenters. The number of hydrogen-bond acceptors (Lipinski definition) is 3. The van der Waals surface area contributed by atoms with Crippen LogP contribution in [-0.4, -0.2) is 26.7 Å². The maximum absolute atomic E-state index is 13.4.